The van der Waals surface area contributed by atoms with Gasteiger partial charge in [-0.25, -0.2) is 4.98 Å². The van der Waals surface area contributed by atoms with E-state index in [1.54, 1.807) is 11.3 Å². The predicted molar refractivity (Wildman–Crippen MR) is 88.5 cm³/mol. The van der Waals surface area contributed by atoms with Crippen molar-refractivity contribution in [1.82, 2.24) is 14.5 Å². The number of nitrogens with zero attached hydrogens (tertiary/aromatic N) is 4. The van der Waals surface area contributed by atoms with Gasteiger partial charge in [-0.3, -0.25) is 4.99 Å². The largest absolute Gasteiger partial charge is 0.318 e. The van der Waals surface area contributed by atoms with Crippen LogP contribution in [0.5, 0.6) is 0 Å². The van der Waals surface area contributed by atoms with Crippen LogP contribution >= 0.6 is 11.3 Å². The van der Waals surface area contributed by atoms with Crippen molar-refractivity contribution in [2.45, 2.75) is 38.6 Å². The zero-order chi connectivity index (χ0) is 14.7. The molecule has 0 atom stereocenters. The molecule has 0 unspecified atom stereocenters. The second kappa shape index (κ2) is 6.71. The molecule has 21 heavy (non-hydrogen) atoms. The van der Waals surface area contributed by atoms with Gasteiger partial charge in [0.25, 0.3) is 0 Å². The van der Waals surface area contributed by atoms with Gasteiger partial charge in [-0.1, -0.05) is 24.7 Å². The summed E-state index contributed by atoms with van der Waals surface area (Å²) in [7, 11) is 2.09. The maximum atomic E-state index is 4.98. The van der Waals surface area contributed by atoms with Gasteiger partial charge in [-0.2, -0.15) is 0 Å². The molecule has 0 aromatic carbocycles. The van der Waals surface area contributed by atoms with Crippen molar-refractivity contribution in [3.63, 3.8) is 0 Å². The summed E-state index contributed by atoms with van der Waals surface area (Å²) in [6.45, 7) is 5.91. The van der Waals surface area contributed by atoms with Crippen LogP contribution in [-0.4, -0.2) is 40.1 Å². The normalized spacial score (nSPS) is 18.7. The van der Waals surface area contributed by atoms with E-state index in [1.807, 2.05) is 12.3 Å². The molecule has 1 saturated heterocycles. The third-order valence-electron chi connectivity index (χ3n) is 4.27. The summed E-state index contributed by atoms with van der Waals surface area (Å²) < 4.78 is 2.18. The van der Waals surface area contributed by atoms with Crippen molar-refractivity contribution in [1.29, 1.82) is 0 Å². The molecule has 0 N–H and O–H groups in total. The molecule has 0 aliphatic carbocycles. The van der Waals surface area contributed by atoms with Crippen LogP contribution in [0.15, 0.2) is 23.3 Å². The van der Waals surface area contributed by atoms with E-state index >= 15 is 0 Å². The Labute approximate surface area is 130 Å². The first-order valence-electron chi connectivity index (χ1n) is 7.94. The molecule has 0 saturated carbocycles. The predicted octanol–water partition coefficient (Wildman–Crippen LogP) is 2.80. The quantitative estimate of drug-likeness (QED) is 0.870. The van der Waals surface area contributed by atoms with Crippen LogP contribution in [-0.2, 0) is 7.05 Å². The van der Waals surface area contributed by atoms with Gasteiger partial charge in [0.1, 0.15) is 4.83 Å². The topological polar surface area (TPSA) is 33.4 Å². The zero-order valence-electron chi connectivity index (χ0n) is 13.0. The Morgan fingerprint density at radius 2 is 2.19 bits per heavy atom. The third-order valence-corrected chi connectivity index (χ3v) is 5.34. The number of hydrogen-bond acceptors (Lipinski definition) is 4. The lowest BCUT2D eigenvalue weighted by Crippen LogP contribution is -2.36. The number of hydrogen-bond donors (Lipinski definition) is 0. The maximum Gasteiger partial charge on any atom is 0.187 e. The molecule has 2 aromatic heterocycles. The summed E-state index contributed by atoms with van der Waals surface area (Å²) in [6, 6.07) is 4.58. The summed E-state index contributed by atoms with van der Waals surface area (Å²) in [5.74, 6) is 0. The number of rotatable bonds is 4. The average molecular weight is 304 g/mol. The molecule has 2 aromatic rings. The number of thiazole rings is 1. The Balaban J connectivity index is 1.72. The monoisotopic (exact) mass is 304 g/mol. The van der Waals surface area contributed by atoms with Gasteiger partial charge in [0.15, 0.2) is 4.80 Å². The molecular formula is C16H24N4S. The minimum absolute atomic E-state index is 0.474. The van der Waals surface area contributed by atoms with Crippen LogP contribution in [0.3, 0.4) is 0 Å². The highest BCUT2D eigenvalue weighted by molar-refractivity contribution is 7.15. The molecule has 3 heterocycles. The Morgan fingerprint density at radius 3 is 2.90 bits per heavy atom. The first-order chi connectivity index (χ1) is 10.3. The van der Waals surface area contributed by atoms with Crippen LogP contribution in [0.1, 0.15) is 32.6 Å². The van der Waals surface area contributed by atoms with E-state index in [0.717, 1.165) is 9.63 Å². The summed E-state index contributed by atoms with van der Waals surface area (Å²) in [6.07, 6.45) is 6.83. The highest BCUT2D eigenvalue weighted by Crippen LogP contribution is 2.16. The Hall–Kier alpha value is -1.20. The number of unbranched alkanes of at least 4 members (excludes halogenated alkanes) is 1. The lowest BCUT2D eigenvalue weighted by molar-refractivity contribution is 0.210. The van der Waals surface area contributed by atoms with Gasteiger partial charge in [-0.05, 0) is 37.9 Å². The molecule has 1 aliphatic heterocycles. The van der Waals surface area contributed by atoms with Crippen molar-refractivity contribution in [3.8, 4) is 0 Å². The summed E-state index contributed by atoms with van der Waals surface area (Å²) in [5.41, 5.74) is 1.18. The Kier molecular flexibility index (Phi) is 4.70. The fraction of sp³-hybridized carbons (Fsp3) is 0.625. The van der Waals surface area contributed by atoms with E-state index in [4.69, 9.17) is 4.99 Å². The number of piperidine rings is 1. The number of aryl methyl sites for hydroxylation is 1. The molecule has 1 aliphatic rings. The van der Waals surface area contributed by atoms with Crippen LogP contribution < -0.4 is 4.80 Å². The number of likely N-dealkylation sites (tertiary alicyclic amines) is 1. The van der Waals surface area contributed by atoms with Crippen LogP contribution in [0.4, 0.5) is 0 Å². The van der Waals surface area contributed by atoms with Gasteiger partial charge in [0.05, 0.1) is 11.6 Å². The fourth-order valence-electron chi connectivity index (χ4n) is 2.90. The van der Waals surface area contributed by atoms with Crippen molar-refractivity contribution >= 4 is 21.7 Å². The van der Waals surface area contributed by atoms with Crippen molar-refractivity contribution in [2.75, 3.05) is 19.6 Å². The van der Waals surface area contributed by atoms with E-state index in [-0.39, 0.29) is 0 Å². The molecule has 4 nitrogen and oxygen atoms in total. The molecule has 0 bridgehead atoms. The molecule has 114 valence electrons. The average Bonchev–Trinajstić information content (AvgIpc) is 2.83. The number of pyridine rings is 1. The first-order valence-corrected chi connectivity index (χ1v) is 8.76. The summed E-state index contributed by atoms with van der Waals surface area (Å²) in [5, 5.41) is 0. The van der Waals surface area contributed by atoms with Gasteiger partial charge >= 0.3 is 0 Å². The minimum Gasteiger partial charge on any atom is -0.318 e. The van der Waals surface area contributed by atoms with E-state index in [2.05, 4.69) is 34.5 Å². The second-order valence-corrected chi connectivity index (χ2v) is 6.78. The minimum atomic E-state index is 0.474. The zero-order valence-corrected chi connectivity index (χ0v) is 13.8. The van der Waals surface area contributed by atoms with Gasteiger partial charge < -0.3 is 9.47 Å². The van der Waals surface area contributed by atoms with E-state index in [9.17, 15) is 0 Å². The van der Waals surface area contributed by atoms with Crippen molar-refractivity contribution < 1.29 is 0 Å². The Morgan fingerprint density at radius 1 is 1.38 bits per heavy atom. The van der Waals surface area contributed by atoms with Gasteiger partial charge in [-0.15, -0.1) is 0 Å². The lowest BCUT2D eigenvalue weighted by Gasteiger charge is -2.29. The van der Waals surface area contributed by atoms with E-state index < -0.39 is 0 Å². The molecule has 3 rings (SSSR count). The lowest BCUT2D eigenvalue weighted by atomic mass is 10.1. The van der Waals surface area contributed by atoms with Crippen LogP contribution in [0, 0.1) is 0 Å². The highest BCUT2D eigenvalue weighted by atomic mass is 32.1. The third kappa shape index (κ3) is 3.35. The highest BCUT2D eigenvalue weighted by Gasteiger charge is 2.18. The molecular weight excluding hydrogens is 280 g/mol. The maximum absolute atomic E-state index is 4.98. The van der Waals surface area contributed by atoms with E-state index in [1.165, 1.54) is 50.8 Å². The molecule has 1 fully saturated rings. The first kappa shape index (κ1) is 14.7. The number of aromatic nitrogens is 2. The Bertz CT molecular complexity index is 650. The van der Waals surface area contributed by atoms with Gasteiger partial charge in [0, 0.05) is 26.3 Å². The van der Waals surface area contributed by atoms with Gasteiger partial charge in [0.2, 0.25) is 0 Å². The van der Waals surface area contributed by atoms with Crippen molar-refractivity contribution in [2.24, 2.45) is 12.0 Å². The van der Waals surface area contributed by atoms with Crippen LogP contribution in [0.25, 0.3) is 10.3 Å². The summed E-state index contributed by atoms with van der Waals surface area (Å²) >= 11 is 1.70. The van der Waals surface area contributed by atoms with E-state index in [0.29, 0.717) is 6.04 Å². The number of fused-ring (bicyclic) bond motifs is 1. The molecule has 0 spiro atoms. The molecule has 5 heteroatoms. The fourth-order valence-corrected chi connectivity index (χ4v) is 3.93. The SMILES string of the molecule is CCCCN1CCC(N=c2sc3ncccc3n2C)CC1. The standard InChI is InChI=1S/C16H24N4S/c1-3-4-10-20-11-7-13(8-12-20)18-16-19(2)14-6-5-9-17-15(14)21-16/h5-6,9,13H,3-4,7-8,10-12H2,1-2H3. The smallest absolute Gasteiger partial charge is 0.187 e. The summed E-state index contributed by atoms with van der Waals surface area (Å²) in [4.78, 5) is 14.2. The second-order valence-electron chi connectivity index (χ2n) is 5.83. The van der Waals surface area contributed by atoms with Crippen molar-refractivity contribution in [3.05, 3.63) is 23.1 Å². The molecule has 0 radical (unpaired) electrons. The van der Waals surface area contributed by atoms with Crippen LogP contribution in [0.2, 0.25) is 0 Å². The molecule has 0 amide bonds.